The fourth-order valence-electron chi connectivity index (χ4n) is 10.9. The fourth-order valence-corrected chi connectivity index (χ4v) is 12.7. The highest BCUT2D eigenvalue weighted by Gasteiger charge is 2.64. The Hall–Kier alpha value is -6.20. The van der Waals surface area contributed by atoms with Gasteiger partial charge in [-0.3, -0.25) is 29.8 Å². The number of benzene rings is 2. The van der Waals surface area contributed by atoms with Crippen LogP contribution >= 0.6 is 43.5 Å². The second kappa shape index (κ2) is 32.4. The van der Waals surface area contributed by atoms with Crippen molar-refractivity contribution in [2.45, 2.75) is 178 Å². The van der Waals surface area contributed by atoms with Gasteiger partial charge in [-0.25, -0.2) is 14.4 Å². The summed E-state index contributed by atoms with van der Waals surface area (Å²) in [4.78, 5) is 122. The second-order valence-electron chi connectivity index (χ2n) is 24.4. The molecule has 2 saturated heterocycles. The number of aldehydes is 2. The highest BCUT2D eigenvalue weighted by atomic mass is 79.9. The Morgan fingerprint density at radius 1 is 1.04 bits per heavy atom. The number of anilines is 2. The number of aromatic hydroxyl groups is 1. The topological polar surface area (TPSA) is 345 Å². The monoisotopic (exact) mass is 1410 g/mol. The summed E-state index contributed by atoms with van der Waals surface area (Å²) in [5, 5.41) is 37.3. The molecule has 28 heteroatoms. The number of phenolic OH excluding ortho intramolecular Hbond substituents is 1. The third kappa shape index (κ3) is 19.2. The summed E-state index contributed by atoms with van der Waals surface area (Å²) in [7, 11) is 5.67. The number of hydrogen-bond donors (Lipinski definition) is 8. The number of epoxide rings is 1. The van der Waals surface area contributed by atoms with Gasteiger partial charge in [-0.15, -0.1) is 0 Å². The van der Waals surface area contributed by atoms with Gasteiger partial charge in [-0.05, 0) is 115 Å². The first-order chi connectivity index (χ1) is 42.2. The van der Waals surface area contributed by atoms with Gasteiger partial charge in [0.1, 0.15) is 64.4 Å². The molecule has 25 nitrogen and oxygen atoms in total. The predicted molar refractivity (Wildman–Crippen MR) is 343 cm³/mol. The molecule has 3 heterocycles. The molecule has 2 fully saturated rings. The molecule has 90 heavy (non-hydrogen) atoms. The maximum atomic E-state index is 14.5. The van der Waals surface area contributed by atoms with Crippen molar-refractivity contribution in [3.63, 3.8) is 0 Å². The second-order valence-corrected chi connectivity index (χ2v) is 25.9. The van der Waals surface area contributed by atoms with Crippen LogP contribution in [0.15, 0.2) is 54.1 Å². The number of methoxy groups -OCH3 is 2. The average Bonchev–Trinajstić information content (AvgIpc) is 1.58. The Morgan fingerprint density at radius 2 is 1.73 bits per heavy atom. The van der Waals surface area contributed by atoms with Crippen LogP contribution in [0.3, 0.4) is 0 Å². The summed E-state index contributed by atoms with van der Waals surface area (Å²) in [5.74, 6) is -4.98. The van der Waals surface area contributed by atoms with Crippen molar-refractivity contribution < 1.29 is 81.8 Å². The molecule has 11 atom stereocenters. The number of nitrogens with zero attached hydrogens (tertiary/aromatic N) is 2. The lowest BCUT2D eigenvalue weighted by molar-refractivity contribution is -0.158. The zero-order chi connectivity index (χ0) is 67.2. The van der Waals surface area contributed by atoms with Crippen molar-refractivity contribution >= 4 is 109 Å². The molecule has 2 aromatic rings. The van der Waals surface area contributed by atoms with Gasteiger partial charge >= 0.3 is 18.1 Å². The minimum absolute atomic E-state index is 0.0206. The van der Waals surface area contributed by atoms with E-state index >= 15 is 0 Å². The van der Waals surface area contributed by atoms with Crippen molar-refractivity contribution in [2.24, 2.45) is 17.6 Å². The van der Waals surface area contributed by atoms with E-state index in [2.05, 4.69) is 58.4 Å². The van der Waals surface area contributed by atoms with E-state index in [0.717, 1.165) is 28.4 Å². The summed E-state index contributed by atoms with van der Waals surface area (Å²) < 4.78 is 35.7. The SMILES string of the molecule is COc1cc2cc(c1Cl)N(C)C(=O)C[C@H](OC(=O)[C@H](C)N(C)C(=O)c1ccc(NC(=O)[C@H](CCCNC(N)=O)NC(=O)[C@@H](NC(C=O)CCCC(C)(C)OC(C=O)(CBr)CBr)C(C)C)c(O)c1)[C@]1(C)O[C@H]1[C@H](C)[C@@H]1C[C@@](O)(NC(=O)O1)[C@H](OC)/C=C/C=C(\C)C2. The molecule has 9 N–H and O–H groups in total. The molecular formula is C62H87Br2ClN8O17. The van der Waals surface area contributed by atoms with E-state index in [9.17, 15) is 53.4 Å². The van der Waals surface area contributed by atoms with Crippen molar-refractivity contribution in [3.05, 3.63) is 70.3 Å². The molecule has 3 aliphatic heterocycles. The summed E-state index contributed by atoms with van der Waals surface area (Å²) in [6.45, 7) is 13.9. The van der Waals surface area contributed by atoms with E-state index in [1.807, 2.05) is 26.8 Å². The summed E-state index contributed by atoms with van der Waals surface area (Å²) in [6.07, 6.45) is 2.66. The number of likely N-dealkylation sites (N-methyl/N-ethyl adjacent to an activating group) is 1. The highest BCUT2D eigenvalue weighted by Crippen LogP contribution is 2.49. The van der Waals surface area contributed by atoms with Gasteiger partial charge in [-0.1, -0.05) is 88.0 Å². The van der Waals surface area contributed by atoms with E-state index in [4.69, 9.17) is 45.8 Å². The molecule has 3 aliphatic rings. The van der Waals surface area contributed by atoms with Crippen molar-refractivity contribution in [2.75, 3.05) is 55.7 Å². The molecule has 5 rings (SSSR count). The minimum atomic E-state index is -1.93. The number of hydrogen-bond acceptors (Lipinski definition) is 18. The maximum absolute atomic E-state index is 14.5. The van der Waals surface area contributed by atoms with E-state index in [0.29, 0.717) is 43.4 Å². The lowest BCUT2D eigenvalue weighted by atomic mass is 9.83. The van der Waals surface area contributed by atoms with Gasteiger partial charge in [0.25, 0.3) is 5.91 Å². The number of nitrogens with one attached hydrogen (secondary N) is 5. The number of rotatable bonds is 27. The van der Waals surface area contributed by atoms with Gasteiger partial charge in [0.15, 0.2) is 12.0 Å². The zero-order valence-electron chi connectivity index (χ0n) is 52.9. The van der Waals surface area contributed by atoms with Crippen LogP contribution in [-0.2, 0) is 58.9 Å². The van der Waals surface area contributed by atoms with E-state index < -0.39 is 131 Å². The first-order valence-electron chi connectivity index (χ1n) is 29.6. The number of ether oxygens (including phenoxy) is 6. The summed E-state index contributed by atoms with van der Waals surface area (Å²) in [6, 6.07) is 1.94. The maximum Gasteiger partial charge on any atom is 0.409 e. The normalized spacial score (nSPS) is 24.4. The molecule has 498 valence electrons. The predicted octanol–water partition coefficient (Wildman–Crippen LogP) is 6.28. The minimum Gasteiger partial charge on any atom is -0.506 e. The number of allylic oxidation sites excluding steroid dienone is 3. The third-order valence-electron chi connectivity index (χ3n) is 16.5. The van der Waals surface area contributed by atoms with Crippen LogP contribution in [0.5, 0.6) is 11.5 Å². The first kappa shape index (κ1) is 74.5. The molecular weight excluding hydrogens is 1320 g/mol. The Labute approximate surface area is 547 Å². The van der Waals surface area contributed by atoms with Crippen LogP contribution in [0, 0.1) is 11.8 Å². The van der Waals surface area contributed by atoms with E-state index in [1.165, 1.54) is 52.3 Å². The Kier molecular flexibility index (Phi) is 26.8. The number of esters is 1. The molecule has 4 bridgehead atoms. The van der Waals surface area contributed by atoms with E-state index in [-0.39, 0.29) is 58.7 Å². The Morgan fingerprint density at radius 3 is 2.33 bits per heavy atom. The Bertz CT molecular complexity index is 3000. The van der Waals surface area contributed by atoms with Gasteiger partial charge in [0.2, 0.25) is 17.7 Å². The Balaban J connectivity index is 1.34. The average molecular weight is 1410 g/mol. The van der Waals surface area contributed by atoms with Gasteiger partial charge in [0.05, 0.1) is 48.7 Å². The lowest BCUT2D eigenvalue weighted by Crippen LogP contribution is -2.63. The quantitative estimate of drug-likeness (QED) is 0.0122. The zero-order valence-corrected chi connectivity index (χ0v) is 56.9. The highest BCUT2D eigenvalue weighted by molar-refractivity contribution is 9.10. The standard InChI is InChI=1S/C62H87Br2ClN8O17/c1-34(2)51(68-40(30-74)17-14-22-59(6,7)90-61(31-63,32-64)33-75)54(79)70-42(18-15-23-67-57(66)82)53(78)69-41-21-20-39(27-44(41)76)55(80)72(9)37(5)56(81)88-48-28-49(77)73(10)43-25-38(26-45(85-11)50(43)65)24-35(3)16-13-19-47(86-12)62(84)29-46(87-58(83)71-62)36(4)52-60(48,8)89-52/h13,16,19-21,25-27,30,33-34,36-37,40,42,46-48,51-52,68,76,84H,14-15,17-18,22-24,28-29,31-32H2,1-12H3,(H,69,78)(H,70,79)(H,71,83)(H3,66,67,82)/b19-13+,35-16+/t36-,37+,40?,42+,46+,47-,48+,51+,52+,60+,62+/m1/s1. The van der Waals surface area contributed by atoms with Crippen LogP contribution in [0.25, 0.3) is 0 Å². The third-order valence-corrected chi connectivity index (χ3v) is 18.8. The van der Waals surface area contributed by atoms with Crippen LogP contribution < -0.4 is 42.0 Å². The number of alkyl carbamates (subject to hydrolysis) is 1. The molecule has 7 amide bonds. The number of carbonyl (C=O) groups excluding carboxylic acids is 9. The number of nitrogens with two attached hydrogens (primary N) is 1. The fraction of sp³-hybridized carbons (Fsp3) is 0.597. The van der Waals surface area contributed by atoms with Crippen LogP contribution in [0.1, 0.15) is 116 Å². The van der Waals surface area contributed by atoms with Crippen LogP contribution in [0.2, 0.25) is 5.02 Å². The van der Waals surface area contributed by atoms with Gasteiger partial charge in [0, 0.05) is 56.3 Å². The van der Waals surface area contributed by atoms with Crippen molar-refractivity contribution in [1.29, 1.82) is 0 Å². The van der Waals surface area contributed by atoms with Crippen LogP contribution in [0.4, 0.5) is 21.0 Å². The van der Waals surface area contributed by atoms with Gasteiger partial charge in [-0.2, -0.15) is 0 Å². The molecule has 2 aromatic carbocycles. The molecule has 1 unspecified atom stereocenters. The molecule has 0 aliphatic carbocycles. The largest absolute Gasteiger partial charge is 0.506 e. The molecule has 0 radical (unpaired) electrons. The molecule has 0 aromatic heterocycles. The summed E-state index contributed by atoms with van der Waals surface area (Å²) in [5.41, 5.74) is 1.70. The van der Waals surface area contributed by atoms with Crippen molar-refractivity contribution in [3.8, 4) is 11.5 Å². The van der Waals surface area contributed by atoms with Gasteiger partial charge < -0.3 is 79.7 Å². The summed E-state index contributed by atoms with van der Waals surface area (Å²) >= 11 is 13.5. The molecule has 0 saturated carbocycles. The number of carbonyl (C=O) groups is 9. The van der Waals surface area contributed by atoms with Crippen molar-refractivity contribution in [1.82, 2.24) is 26.2 Å². The number of urea groups is 1. The number of phenols is 1. The van der Waals surface area contributed by atoms with E-state index in [1.54, 1.807) is 52.0 Å². The first-order valence-corrected chi connectivity index (χ1v) is 32.2. The number of fused-ring (bicyclic) bond motifs is 5. The smallest absolute Gasteiger partial charge is 0.409 e. The number of halogens is 3. The lowest BCUT2D eigenvalue weighted by Gasteiger charge is -2.42. The number of alkyl halides is 2. The number of amides is 7. The molecule has 0 spiro atoms. The number of primary amides is 1. The van der Waals surface area contributed by atoms with Crippen LogP contribution in [-0.4, -0.2) is 186 Å². The number of aliphatic hydroxyl groups is 1.